The zero-order valence-corrected chi connectivity index (χ0v) is 16.0. The highest BCUT2D eigenvalue weighted by molar-refractivity contribution is 7.89. The molecule has 1 amide bonds. The van der Waals surface area contributed by atoms with Crippen LogP contribution in [-0.2, 0) is 24.3 Å². The van der Waals surface area contributed by atoms with E-state index in [2.05, 4.69) is 5.32 Å². The van der Waals surface area contributed by atoms with Gasteiger partial charge in [-0.1, -0.05) is 12.1 Å². The first-order valence-electron chi connectivity index (χ1n) is 8.05. The van der Waals surface area contributed by atoms with E-state index in [1.54, 1.807) is 0 Å². The second kappa shape index (κ2) is 9.29. The average Bonchev–Trinajstić information content (AvgIpc) is 2.65. The van der Waals surface area contributed by atoms with Gasteiger partial charge in [0, 0.05) is 25.8 Å². The van der Waals surface area contributed by atoms with E-state index >= 15 is 0 Å². The third-order valence-corrected chi connectivity index (χ3v) is 5.22. The molecule has 0 atom stereocenters. The Hall–Kier alpha value is -2.98. The minimum Gasteiger partial charge on any atom is -0.482 e. The lowest BCUT2D eigenvalue weighted by molar-refractivity contribution is -0.149. The minimum atomic E-state index is -3.64. The number of carbonyl (C=O) groups is 2. The molecule has 0 heterocycles. The van der Waals surface area contributed by atoms with Gasteiger partial charge in [-0.05, 0) is 30.3 Å². The number of ether oxygens (including phenoxy) is 2. The summed E-state index contributed by atoms with van der Waals surface area (Å²) >= 11 is 0. The Kier molecular flexibility index (Phi) is 7.07. The van der Waals surface area contributed by atoms with Gasteiger partial charge in [-0.15, -0.1) is 0 Å². The molecule has 0 aliphatic heterocycles. The third kappa shape index (κ3) is 6.03. The number of anilines is 1. The van der Waals surface area contributed by atoms with Crippen LogP contribution in [0.25, 0.3) is 0 Å². The molecule has 28 heavy (non-hydrogen) atoms. The smallest absolute Gasteiger partial charge is 0.344 e. The van der Waals surface area contributed by atoms with Gasteiger partial charge in [-0.3, -0.25) is 4.79 Å². The van der Waals surface area contributed by atoms with Crippen LogP contribution < -0.4 is 10.1 Å². The summed E-state index contributed by atoms with van der Waals surface area (Å²) in [5, 5.41) is 2.44. The summed E-state index contributed by atoms with van der Waals surface area (Å²) in [7, 11) is -0.855. The van der Waals surface area contributed by atoms with Crippen LogP contribution >= 0.6 is 0 Å². The lowest BCUT2D eigenvalue weighted by Crippen LogP contribution is -2.24. The van der Waals surface area contributed by atoms with Crippen molar-refractivity contribution in [2.75, 3.05) is 32.6 Å². The van der Waals surface area contributed by atoms with E-state index in [1.807, 2.05) is 0 Å². The second-order valence-corrected chi connectivity index (χ2v) is 7.92. The Labute approximate surface area is 161 Å². The Morgan fingerprint density at radius 1 is 1.07 bits per heavy atom. The Bertz CT molecular complexity index is 962. The Morgan fingerprint density at radius 2 is 1.79 bits per heavy atom. The lowest BCUT2D eigenvalue weighted by Gasteiger charge is -2.12. The normalized spacial score (nSPS) is 11.1. The van der Waals surface area contributed by atoms with Crippen molar-refractivity contribution in [1.29, 1.82) is 0 Å². The van der Waals surface area contributed by atoms with Crippen LogP contribution in [0.2, 0.25) is 0 Å². The maximum atomic E-state index is 13.0. The van der Waals surface area contributed by atoms with E-state index in [-0.39, 0.29) is 16.3 Å². The van der Waals surface area contributed by atoms with Crippen molar-refractivity contribution in [2.45, 2.75) is 4.90 Å². The molecule has 8 nitrogen and oxygen atoms in total. The molecule has 0 saturated carbocycles. The maximum absolute atomic E-state index is 13.0. The first-order valence-corrected chi connectivity index (χ1v) is 9.49. The van der Waals surface area contributed by atoms with E-state index in [0.29, 0.717) is 0 Å². The summed E-state index contributed by atoms with van der Waals surface area (Å²) < 4.78 is 48.1. The molecule has 0 aliphatic carbocycles. The van der Waals surface area contributed by atoms with E-state index in [9.17, 15) is 22.4 Å². The summed E-state index contributed by atoms with van der Waals surface area (Å²) in [5.74, 6) is -1.83. The molecule has 0 unspecified atom stereocenters. The van der Waals surface area contributed by atoms with E-state index in [1.165, 1.54) is 56.6 Å². The molecule has 2 aromatic carbocycles. The molecule has 0 bridgehead atoms. The molecule has 2 rings (SSSR count). The lowest BCUT2D eigenvalue weighted by atomic mass is 10.3. The zero-order chi connectivity index (χ0) is 20.7. The fourth-order valence-corrected chi connectivity index (χ4v) is 2.98. The number of nitrogens with one attached hydrogen (secondary N) is 1. The van der Waals surface area contributed by atoms with Gasteiger partial charge in [0.25, 0.3) is 5.91 Å². The largest absolute Gasteiger partial charge is 0.482 e. The summed E-state index contributed by atoms with van der Waals surface area (Å²) in [6, 6.07) is 10.9. The molecule has 0 saturated heterocycles. The van der Waals surface area contributed by atoms with Crippen molar-refractivity contribution in [3.8, 4) is 5.75 Å². The number of benzene rings is 2. The average molecular weight is 410 g/mol. The van der Waals surface area contributed by atoms with Crippen molar-refractivity contribution >= 4 is 27.6 Å². The number of hydrogen-bond donors (Lipinski definition) is 1. The van der Waals surface area contributed by atoms with Gasteiger partial charge < -0.3 is 14.8 Å². The van der Waals surface area contributed by atoms with E-state index < -0.39 is 40.9 Å². The minimum absolute atomic E-state index is 0.00999. The molecular formula is C18H19FN2O6S. The van der Waals surface area contributed by atoms with Crippen molar-refractivity contribution in [1.82, 2.24) is 4.31 Å². The maximum Gasteiger partial charge on any atom is 0.344 e. The molecule has 0 spiro atoms. The molecule has 0 fully saturated rings. The SMILES string of the molecule is CN(C)S(=O)(=O)c1cccc(NC(=O)COC(=O)COc2cccc(F)c2)c1. The van der Waals surface area contributed by atoms with Crippen LogP contribution in [0.5, 0.6) is 5.75 Å². The topological polar surface area (TPSA) is 102 Å². The standard InChI is InChI=1S/C18H19FN2O6S/c1-21(2)28(24,25)16-8-4-6-14(10-16)20-17(22)11-27-18(23)12-26-15-7-3-5-13(19)9-15/h3-10H,11-12H2,1-2H3,(H,20,22). The zero-order valence-electron chi connectivity index (χ0n) is 15.2. The molecule has 1 N–H and O–H groups in total. The fraction of sp³-hybridized carbons (Fsp3) is 0.222. The van der Waals surface area contributed by atoms with E-state index in [0.717, 1.165) is 10.4 Å². The quantitative estimate of drug-likeness (QED) is 0.664. The monoisotopic (exact) mass is 410 g/mol. The summed E-state index contributed by atoms with van der Waals surface area (Å²) in [5.41, 5.74) is 0.236. The molecule has 0 radical (unpaired) electrons. The van der Waals surface area contributed by atoms with Crippen molar-refractivity contribution < 1.29 is 31.9 Å². The molecule has 0 aliphatic rings. The predicted octanol–water partition coefficient (Wildman–Crippen LogP) is 1.64. The van der Waals surface area contributed by atoms with Crippen LogP contribution in [0.1, 0.15) is 0 Å². The van der Waals surface area contributed by atoms with Crippen LogP contribution in [0, 0.1) is 5.82 Å². The van der Waals surface area contributed by atoms with Gasteiger partial charge >= 0.3 is 5.97 Å². The highest BCUT2D eigenvalue weighted by Crippen LogP contribution is 2.18. The van der Waals surface area contributed by atoms with Crippen LogP contribution in [-0.4, -0.2) is 51.9 Å². The molecule has 2 aromatic rings. The number of halogens is 1. The van der Waals surface area contributed by atoms with Crippen LogP contribution in [0.3, 0.4) is 0 Å². The molecule has 150 valence electrons. The van der Waals surface area contributed by atoms with Gasteiger partial charge in [0.2, 0.25) is 10.0 Å². The Balaban J connectivity index is 1.85. The van der Waals surface area contributed by atoms with E-state index in [4.69, 9.17) is 9.47 Å². The molecular weight excluding hydrogens is 391 g/mol. The number of sulfonamides is 1. The number of esters is 1. The third-order valence-electron chi connectivity index (χ3n) is 3.41. The van der Waals surface area contributed by atoms with Gasteiger partial charge in [0.05, 0.1) is 4.90 Å². The fourth-order valence-electron chi connectivity index (χ4n) is 2.03. The first-order chi connectivity index (χ1) is 13.2. The van der Waals surface area contributed by atoms with Gasteiger partial charge in [-0.25, -0.2) is 21.9 Å². The molecule has 10 heteroatoms. The number of nitrogens with zero attached hydrogens (tertiary/aromatic N) is 1. The predicted molar refractivity (Wildman–Crippen MR) is 98.8 cm³/mol. The van der Waals surface area contributed by atoms with Gasteiger partial charge in [-0.2, -0.15) is 0 Å². The number of amides is 1. The van der Waals surface area contributed by atoms with Crippen molar-refractivity contribution in [2.24, 2.45) is 0 Å². The van der Waals surface area contributed by atoms with Crippen molar-refractivity contribution in [3.63, 3.8) is 0 Å². The number of rotatable bonds is 8. The summed E-state index contributed by atoms with van der Waals surface area (Å²) in [4.78, 5) is 23.5. The highest BCUT2D eigenvalue weighted by Gasteiger charge is 2.18. The van der Waals surface area contributed by atoms with Crippen LogP contribution in [0.15, 0.2) is 53.4 Å². The number of carbonyl (C=O) groups excluding carboxylic acids is 2. The number of hydrogen-bond acceptors (Lipinski definition) is 6. The highest BCUT2D eigenvalue weighted by atomic mass is 32.2. The van der Waals surface area contributed by atoms with Crippen LogP contribution in [0.4, 0.5) is 10.1 Å². The molecule has 0 aromatic heterocycles. The Morgan fingerprint density at radius 3 is 2.46 bits per heavy atom. The first kappa shape index (κ1) is 21.3. The van der Waals surface area contributed by atoms with Gasteiger partial charge in [0.15, 0.2) is 13.2 Å². The summed E-state index contributed by atoms with van der Waals surface area (Å²) in [6.45, 7) is -1.08. The van der Waals surface area contributed by atoms with Crippen molar-refractivity contribution in [3.05, 3.63) is 54.3 Å². The van der Waals surface area contributed by atoms with Gasteiger partial charge in [0.1, 0.15) is 11.6 Å². The summed E-state index contributed by atoms with van der Waals surface area (Å²) in [6.07, 6.45) is 0. The second-order valence-electron chi connectivity index (χ2n) is 5.77.